The number of nitrogens with zero attached hydrogens (tertiary/aromatic N) is 3. The molecule has 0 unspecified atom stereocenters. The van der Waals surface area contributed by atoms with Crippen molar-refractivity contribution in [2.45, 2.75) is 44.9 Å². The van der Waals surface area contributed by atoms with Crippen LogP contribution >= 0.6 is 11.3 Å². The van der Waals surface area contributed by atoms with Gasteiger partial charge in [-0.3, -0.25) is 9.59 Å². The van der Waals surface area contributed by atoms with Crippen LogP contribution in [0.3, 0.4) is 0 Å². The maximum atomic E-state index is 12.0. The Morgan fingerprint density at radius 3 is 2.86 bits per heavy atom. The summed E-state index contributed by atoms with van der Waals surface area (Å²) in [4.78, 5) is 29.5. The zero-order valence-electron chi connectivity index (χ0n) is 12.7. The number of fused-ring (bicyclic) bond motifs is 1. The first kappa shape index (κ1) is 15.1. The highest BCUT2D eigenvalue weighted by Crippen LogP contribution is 2.26. The largest absolute Gasteiger partial charge is 0.351 e. The third-order valence-corrected chi connectivity index (χ3v) is 5.20. The van der Waals surface area contributed by atoms with Gasteiger partial charge in [-0.05, 0) is 25.7 Å². The monoisotopic (exact) mass is 320 g/mol. The minimum absolute atomic E-state index is 0.0510. The topological polar surface area (TPSA) is 74.7 Å². The van der Waals surface area contributed by atoms with E-state index in [1.54, 1.807) is 18.4 Å². The fourth-order valence-corrected chi connectivity index (χ4v) is 3.89. The number of aromatic nitrogens is 1. The van der Waals surface area contributed by atoms with Gasteiger partial charge in [0.25, 0.3) is 5.91 Å². The van der Waals surface area contributed by atoms with Gasteiger partial charge in [-0.15, -0.1) is 11.3 Å². The van der Waals surface area contributed by atoms with E-state index >= 15 is 0 Å². The van der Waals surface area contributed by atoms with E-state index in [-0.39, 0.29) is 11.8 Å². The van der Waals surface area contributed by atoms with E-state index in [1.807, 2.05) is 0 Å². The average molecular weight is 320 g/mol. The molecule has 1 aliphatic heterocycles. The maximum absolute atomic E-state index is 12.0. The summed E-state index contributed by atoms with van der Waals surface area (Å²) >= 11 is 1.78. The molecule has 2 amide bonds. The lowest BCUT2D eigenvalue weighted by Crippen LogP contribution is -2.38. The molecule has 0 spiro atoms. The molecule has 1 N–H and O–H groups in total. The molecule has 0 fully saturated rings. The molecule has 118 valence electrons. The van der Waals surface area contributed by atoms with Crippen LogP contribution in [-0.2, 0) is 28.9 Å². The Bertz CT molecular complexity index is 600. The number of carbonyl (C=O) groups excluding carboxylic acids is 2. The summed E-state index contributed by atoms with van der Waals surface area (Å²) < 4.78 is 0. The number of carbonyl (C=O) groups is 2. The summed E-state index contributed by atoms with van der Waals surface area (Å²) in [6.07, 6.45) is 6.26. The summed E-state index contributed by atoms with van der Waals surface area (Å²) in [7, 11) is 1.58. The van der Waals surface area contributed by atoms with Crippen LogP contribution < -0.4 is 5.32 Å². The van der Waals surface area contributed by atoms with Gasteiger partial charge in [-0.2, -0.15) is 5.10 Å². The first-order valence-corrected chi connectivity index (χ1v) is 8.55. The molecule has 2 heterocycles. The molecule has 7 heteroatoms. The molecule has 0 aromatic carbocycles. The van der Waals surface area contributed by atoms with Crippen LogP contribution in [0.5, 0.6) is 0 Å². The summed E-state index contributed by atoms with van der Waals surface area (Å²) in [5.74, 6) is -0.231. The fourth-order valence-electron chi connectivity index (χ4n) is 2.73. The number of aryl methyl sites for hydroxylation is 2. The molecule has 22 heavy (non-hydrogen) atoms. The summed E-state index contributed by atoms with van der Waals surface area (Å²) in [6, 6.07) is 0. The SMILES string of the molecule is CN1N=C(C(=O)NCCc2nc3c(s2)CCCC3)CCC1=O. The van der Waals surface area contributed by atoms with E-state index in [0.29, 0.717) is 25.1 Å². The molecular weight excluding hydrogens is 300 g/mol. The van der Waals surface area contributed by atoms with Crippen LogP contribution in [0.25, 0.3) is 0 Å². The number of thiazole rings is 1. The highest BCUT2D eigenvalue weighted by molar-refractivity contribution is 7.11. The number of hydrazone groups is 1. The van der Waals surface area contributed by atoms with Gasteiger partial charge < -0.3 is 5.32 Å². The third-order valence-electron chi connectivity index (χ3n) is 3.98. The Kier molecular flexibility index (Phi) is 4.52. The van der Waals surface area contributed by atoms with E-state index in [2.05, 4.69) is 15.4 Å². The van der Waals surface area contributed by atoms with Crippen molar-refractivity contribution < 1.29 is 9.59 Å². The molecule has 1 aromatic heterocycles. The van der Waals surface area contributed by atoms with Gasteiger partial charge in [-0.1, -0.05) is 0 Å². The summed E-state index contributed by atoms with van der Waals surface area (Å²) in [6.45, 7) is 0.557. The van der Waals surface area contributed by atoms with E-state index in [4.69, 9.17) is 0 Å². The van der Waals surface area contributed by atoms with Crippen LogP contribution in [0.1, 0.15) is 41.3 Å². The number of hydrogen-bond acceptors (Lipinski definition) is 5. The van der Waals surface area contributed by atoms with Gasteiger partial charge >= 0.3 is 0 Å². The van der Waals surface area contributed by atoms with Gasteiger partial charge in [0.15, 0.2) is 0 Å². The van der Waals surface area contributed by atoms with Gasteiger partial charge in [0.2, 0.25) is 5.91 Å². The predicted molar refractivity (Wildman–Crippen MR) is 84.9 cm³/mol. The fraction of sp³-hybridized carbons (Fsp3) is 0.600. The maximum Gasteiger partial charge on any atom is 0.267 e. The van der Waals surface area contributed by atoms with Crippen molar-refractivity contribution in [1.82, 2.24) is 15.3 Å². The lowest BCUT2D eigenvalue weighted by Gasteiger charge is -2.18. The van der Waals surface area contributed by atoms with Crippen LogP contribution in [0, 0.1) is 0 Å². The van der Waals surface area contributed by atoms with Gasteiger partial charge in [0.05, 0.1) is 10.7 Å². The van der Waals surface area contributed by atoms with E-state index in [1.165, 1.54) is 28.4 Å². The van der Waals surface area contributed by atoms with E-state index in [9.17, 15) is 9.59 Å². The Hall–Kier alpha value is -1.76. The number of hydrogen-bond donors (Lipinski definition) is 1. The van der Waals surface area contributed by atoms with Crippen molar-refractivity contribution in [2.24, 2.45) is 5.10 Å². The molecule has 1 aromatic rings. The molecular formula is C15H20N4O2S. The molecule has 1 aliphatic carbocycles. The predicted octanol–water partition coefficient (Wildman–Crippen LogP) is 1.29. The lowest BCUT2D eigenvalue weighted by molar-refractivity contribution is -0.130. The average Bonchev–Trinajstić information content (AvgIpc) is 2.92. The van der Waals surface area contributed by atoms with Crippen molar-refractivity contribution in [2.75, 3.05) is 13.6 Å². The molecule has 0 saturated heterocycles. The van der Waals surface area contributed by atoms with Crippen molar-refractivity contribution in [1.29, 1.82) is 0 Å². The third kappa shape index (κ3) is 3.35. The quantitative estimate of drug-likeness (QED) is 0.908. The van der Waals surface area contributed by atoms with Gasteiger partial charge in [0, 0.05) is 37.7 Å². The lowest BCUT2D eigenvalue weighted by atomic mass is 10.0. The number of nitrogens with one attached hydrogen (secondary N) is 1. The Morgan fingerprint density at radius 2 is 2.09 bits per heavy atom. The molecule has 0 saturated carbocycles. The van der Waals surface area contributed by atoms with Crippen LogP contribution in [-0.4, -0.2) is 41.1 Å². The summed E-state index contributed by atoms with van der Waals surface area (Å²) in [5, 5.41) is 9.24. The normalized spacial score (nSPS) is 18.0. The Morgan fingerprint density at radius 1 is 1.27 bits per heavy atom. The van der Waals surface area contributed by atoms with Crippen molar-refractivity contribution in [3.05, 3.63) is 15.6 Å². The van der Waals surface area contributed by atoms with Crippen molar-refractivity contribution in [3.8, 4) is 0 Å². The standard InChI is InChI=1S/C15H20N4O2S/c1-19-14(20)7-6-11(18-19)15(21)16-9-8-13-17-10-4-2-3-5-12(10)22-13/h2-9H2,1H3,(H,16,21). The molecule has 0 bridgehead atoms. The highest BCUT2D eigenvalue weighted by Gasteiger charge is 2.21. The zero-order valence-corrected chi connectivity index (χ0v) is 13.5. The van der Waals surface area contributed by atoms with E-state index in [0.717, 1.165) is 24.3 Å². The second kappa shape index (κ2) is 6.56. The zero-order chi connectivity index (χ0) is 15.5. The molecule has 3 rings (SSSR count). The Balaban J connectivity index is 1.50. The minimum atomic E-state index is -0.180. The van der Waals surface area contributed by atoms with Crippen molar-refractivity contribution in [3.63, 3.8) is 0 Å². The number of rotatable bonds is 4. The second-order valence-electron chi connectivity index (χ2n) is 5.65. The van der Waals surface area contributed by atoms with Gasteiger partial charge in [0.1, 0.15) is 5.71 Å². The van der Waals surface area contributed by atoms with E-state index < -0.39 is 0 Å². The van der Waals surface area contributed by atoms with Crippen LogP contribution in [0.15, 0.2) is 5.10 Å². The molecule has 0 radical (unpaired) electrons. The number of amides is 2. The minimum Gasteiger partial charge on any atom is -0.351 e. The second-order valence-corrected chi connectivity index (χ2v) is 6.82. The summed E-state index contributed by atoms with van der Waals surface area (Å²) in [5.41, 5.74) is 1.69. The van der Waals surface area contributed by atoms with Crippen LogP contribution in [0.2, 0.25) is 0 Å². The van der Waals surface area contributed by atoms with Crippen LogP contribution in [0.4, 0.5) is 0 Å². The molecule has 2 aliphatic rings. The highest BCUT2D eigenvalue weighted by atomic mass is 32.1. The van der Waals surface area contributed by atoms with Gasteiger partial charge in [-0.25, -0.2) is 9.99 Å². The first-order valence-electron chi connectivity index (χ1n) is 7.73. The van der Waals surface area contributed by atoms with Crippen molar-refractivity contribution >= 4 is 28.9 Å². The smallest absolute Gasteiger partial charge is 0.267 e. The molecule has 6 nitrogen and oxygen atoms in total. The molecule has 0 atom stereocenters. The Labute approximate surface area is 133 Å². The first-order chi connectivity index (χ1) is 10.6.